The third-order valence-corrected chi connectivity index (χ3v) is 6.40. The molecule has 1 aromatic carbocycles. The standard InChI is InChI=1S/C20H33N3O4S/c1-14(2)22-19(25)16-10-9-11-17(15(16)3)23-18(24)12-7-8-13-21-28(26,27)20(4,5)6/h9-11,14,21H,7-8,12-13H2,1-6H3,(H,22,25)(H,23,24). The average molecular weight is 412 g/mol. The molecule has 1 aromatic rings. The Morgan fingerprint density at radius 2 is 1.75 bits per heavy atom. The summed E-state index contributed by atoms with van der Waals surface area (Å²) in [5.74, 6) is -0.335. The Bertz CT molecular complexity index is 796. The molecule has 3 N–H and O–H groups in total. The zero-order valence-electron chi connectivity index (χ0n) is 17.7. The van der Waals surface area contributed by atoms with Gasteiger partial charge in [-0.2, -0.15) is 0 Å². The third kappa shape index (κ3) is 7.24. The molecule has 0 aliphatic heterocycles. The predicted molar refractivity (Wildman–Crippen MR) is 113 cm³/mol. The van der Waals surface area contributed by atoms with Crippen LogP contribution in [0.1, 0.15) is 69.8 Å². The SMILES string of the molecule is Cc1c(NC(=O)CCCCNS(=O)(=O)C(C)(C)C)cccc1C(=O)NC(C)C. The van der Waals surface area contributed by atoms with Crippen molar-refractivity contribution in [1.29, 1.82) is 0 Å². The van der Waals surface area contributed by atoms with Gasteiger partial charge in [-0.05, 0) is 72.1 Å². The number of anilines is 1. The highest BCUT2D eigenvalue weighted by atomic mass is 32.2. The van der Waals surface area contributed by atoms with Crippen molar-refractivity contribution in [2.24, 2.45) is 0 Å². The number of benzene rings is 1. The number of unbranched alkanes of at least 4 members (excludes halogenated alkanes) is 1. The van der Waals surface area contributed by atoms with Gasteiger partial charge in [0.15, 0.2) is 0 Å². The second kappa shape index (κ2) is 10.0. The highest BCUT2D eigenvalue weighted by Crippen LogP contribution is 2.19. The van der Waals surface area contributed by atoms with E-state index < -0.39 is 14.8 Å². The number of carbonyl (C=O) groups is 2. The van der Waals surface area contributed by atoms with Gasteiger partial charge in [0.05, 0.1) is 4.75 Å². The normalized spacial score (nSPS) is 12.1. The number of sulfonamides is 1. The molecule has 0 aromatic heterocycles. The Morgan fingerprint density at radius 1 is 1.11 bits per heavy atom. The molecule has 1 rings (SSSR count). The van der Waals surface area contributed by atoms with Crippen LogP contribution in [0.2, 0.25) is 0 Å². The molecule has 2 amide bonds. The maximum atomic E-state index is 12.2. The van der Waals surface area contributed by atoms with E-state index in [9.17, 15) is 18.0 Å². The third-order valence-electron chi connectivity index (χ3n) is 4.20. The van der Waals surface area contributed by atoms with Crippen molar-refractivity contribution in [1.82, 2.24) is 10.0 Å². The molecule has 0 bridgehead atoms. The summed E-state index contributed by atoms with van der Waals surface area (Å²) in [6.07, 6.45) is 1.41. The van der Waals surface area contributed by atoms with Crippen molar-refractivity contribution >= 4 is 27.5 Å². The molecule has 0 saturated heterocycles. The average Bonchev–Trinajstić information content (AvgIpc) is 2.54. The Labute approximate surface area is 168 Å². The minimum absolute atomic E-state index is 0.0286. The molecular formula is C20H33N3O4S. The van der Waals surface area contributed by atoms with Gasteiger partial charge in [-0.15, -0.1) is 0 Å². The monoisotopic (exact) mass is 411 g/mol. The van der Waals surface area contributed by atoms with Crippen LogP contribution < -0.4 is 15.4 Å². The van der Waals surface area contributed by atoms with Crippen molar-refractivity contribution in [2.45, 2.75) is 71.6 Å². The van der Waals surface area contributed by atoms with Crippen molar-refractivity contribution in [3.8, 4) is 0 Å². The Hall–Kier alpha value is -1.93. The molecule has 0 spiro atoms. The summed E-state index contributed by atoms with van der Waals surface area (Å²) in [6.45, 7) is 10.8. The van der Waals surface area contributed by atoms with Crippen molar-refractivity contribution in [2.75, 3.05) is 11.9 Å². The molecule has 0 fully saturated rings. The van der Waals surface area contributed by atoms with E-state index in [1.807, 2.05) is 13.8 Å². The highest BCUT2D eigenvalue weighted by molar-refractivity contribution is 7.90. The Morgan fingerprint density at radius 3 is 2.32 bits per heavy atom. The fourth-order valence-corrected chi connectivity index (χ4v) is 3.25. The van der Waals surface area contributed by atoms with Crippen LogP contribution in [-0.4, -0.2) is 37.6 Å². The van der Waals surface area contributed by atoms with Gasteiger partial charge >= 0.3 is 0 Å². The van der Waals surface area contributed by atoms with Gasteiger partial charge in [0.2, 0.25) is 15.9 Å². The Balaban J connectivity index is 2.53. The van der Waals surface area contributed by atoms with Crippen LogP contribution in [0.5, 0.6) is 0 Å². The van der Waals surface area contributed by atoms with E-state index in [2.05, 4.69) is 15.4 Å². The smallest absolute Gasteiger partial charge is 0.251 e. The predicted octanol–water partition coefficient (Wildman–Crippen LogP) is 2.96. The molecule has 8 heteroatoms. The lowest BCUT2D eigenvalue weighted by Gasteiger charge is -2.19. The second-order valence-electron chi connectivity index (χ2n) is 8.12. The van der Waals surface area contributed by atoms with E-state index in [0.29, 0.717) is 36.2 Å². The molecule has 7 nitrogen and oxygen atoms in total. The minimum Gasteiger partial charge on any atom is -0.350 e. The number of hydrogen-bond donors (Lipinski definition) is 3. The highest BCUT2D eigenvalue weighted by Gasteiger charge is 2.28. The van der Waals surface area contributed by atoms with Crippen LogP contribution in [0.15, 0.2) is 18.2 Å². The lowest BCUT2D eigenvalue weighted by atomic mass is 10.1. The van der Waals surface area contributed by atoms with Crippen LogP contribution >= 0.6 is 0 Å². The first kappa shape index (κ1) is 24.1. The molecule has 0 radical (unpaired) electrons. The zero-order valence-corrected chi connectivity index (χ0v) is 18.5. The molecule has 0 heterocycles. The Kier molecular flexibility index (Phi) is 8.63. The van der Waals surface area contributed by atoms with Crippen molar-refractivity contribution in [3.63, 3.8) is 0 Å². The summed E-state index contributed by atoms with van der Waals surface area (Å²) in [5, 5.41) is 5.68. The molecular weight excluding hydrogens is 378 g/mol. The van der Waals surface area contributed by atoms with Crippen LogP contribution in [0.4, 0.5) is 5.69 Å². The van der Waals surface area contributed by atoms with Crippen LogP contribution in [0.25, 0.3) is 0 Å². The second-order valence-corrected chi connectivity index (χ2v) is 10.6. The quantitative estimate of drug-likeness (QED) is 0.543. The van der Waals surface area contributed by atoms with Gasteiger partial charge < -0.3 is 10.6 Å². The van der Waals surface area contributed by atoms with Gasteiger partial charge in [-0.25, -0.2) is 13.1 Å². The largest absolute Gasteiger partial charge is 0.350 e. The fourth-order valence-electron chi connectivity index (χ4n) is 2.40. The lowest BCUT2D eigenvalue weighted by molar-refractivity contribution is -0.116. The van der Waals surface area contributed by atoms with Gasteiger partial charge in [-0.1, -0.05) is 6.07 Å². The number of hydrogen-bond acceptors (Lipinski definition) is 4. The van der Waals surface area contributed by atoms with Gasteiger partial charge in [0, 0.05) is 30.3 Å². The van der Waals surface area contributed by atoms with Crippen molar-refractivity contribution in [3.05, 3.63) is 29.3 Å². The minimum atomic E-state index is -3.36. The molecule has 0 atom stereocenters. The van der Waals surface area contributed by atoms with Crippen LogP contribution in [0.3, 0.4) is 0 Å². The van der Waals surface area contributed by atoms with E-state index in [-0.39, 0.29) is 24.3 Å². The molecule has 0 aliphatic rings. The maximum Gasteiger partial charge on any atom is 0.251 e. The first-order chi connectivity index (χ1) is 12.8. The van der Waals surface area contributed by atoms with E-state index in [0.717, 1.165) is 0 Å². The van der Waals surface area contributed by atoms with E-state index in [1.165, 1.54) is 0 Å². The maximum absolute atomic E-state index is 12.2. The van der Waals surface area contributed by atoms with Crippen molar-refractivity contribution < 1.29 is 18.0 Å². The van der Waals surface area contributed by atoms with Gasteiger partial charge in [0.25, 0.3) is 5.91 Å². The zero-order chi connectivity index (χ0) is 21.5. The first-order valence-electron chi connectivity index (χ1n) is 9.54. The number of nitrogens with one attached hydrogen (secondary N) is 3. The van der Waals surface area contributed by atoms with Gasteiger partial charge in [0.1, 0.15) is 0 Å². The topological polar surface area (TPSA) is 104 Å². The molecule has 0 saturated carbocycles. The van der Waals surface area contributed by atoms with E-state index >= 15 is 0 Å². The lowest BCUT2D eigenvalue weighted by Crippen LogP contribution is -2.39. The summed E-state index contributed by atoms with van der Waals surface area (Å²) in [7, 11) is -3.36. The van der Waals surface area contributed by atoms with E-state index in [1.54, 1.807) is 45.9 Å². The summed E-state index contributed by atoms with van der Waals surface area (Å²) < 4.78 is 25.6. The van der Waals surface area contributed by atoms with E-state index in [4.69, 9.17) is 0 Å². The number of carbonyl (C=O) groups excluding carboxylic acids is 2. The summed E-state index contributed by atoms with van der Waals surface area (Å²) in [5.41, 5.74) is 1.85. The summed E-state index contributed by atoms with van der Waals surface area (Å²) in [6, 6.07) is 5.25. The number of amides is 2. The molecule has 0 unspecified atom stereocenters. The summed E-state index contributed by atoms with van der Waals surface area (Å²) in [4.78, 5) is 24.4. The molecule has 28 heavy (non-hydrogen) atoms. The first-order valence-corrected chi connectivity index (χ1v) is 11.0. The summed E-state index contributed by atoms with van der Waals surface area (Å²) >= 11 is 0. The van der Waals surface area contributed by atoms with Crippen LogP contribution in [-0.2, 0) is 14.8 Å². The van der Waals surface area contributed by atoms with Crippen LogP contribution in [0, 0.1) is 6.92 Å². The number of rotatable bonds is 9. The molecule has 0 aliphatic carbocycles. The fraction of sp³-hybridized carbons (Fsp3) is 0.600. The van der Waals surface area contributed by atoms with Gasteiger partial charge in [-0.3, -0.25) is 9.59 Å². The molecule has 158 valence electrons.